The van der Waals surface area contributed by atoms with Gasteiger partial charge in [0, 0.05) is 12.5 Å². The molecule has 0 N–H and O–H groups in total. The summed E-state index contributed by atoms with van der Waals surface area (Å²) >= 11 is 0. The highest BCUT2D eigenvalue weighted by Crippen LogP contribution is 2.44. The lowest BCUT2D eigenvalue weighted by molar-refractivity contribution is -0.168. The van der Waals surface area contributed by atoms with E-state index in [0.29, 0.717) is 18.9 Å². The maximum Gasteiger partial charge on any atom is 0.411 e. The third kappa shape index (κ3) is 6.10. The molecule has 4 atom stereocenters. The molecule has 35 heavy (non-hydrogen) atoms. The van der Waals surface area contributed by atoms with Gasteiger partial charge < -0.3 is 9.47 Å². The number of benzene rings is 1. The number of nitrogens with zero attached hydrogens (tertiary/aromatic N) is 1. The Morgan fingerprint density at radius 1 is 1.09 bits per heavy atom. The normalized spacial score (nSPS) is 27.2. The van der Waals surface area contributed by atoms with Gasteiger partial charge in [-0.3, -0.25) is 4.90 Å². The summed E-state index contributed by atoms with van der Waals surface area (Å²) in [4.78, 5) is 28.8. The molecule has 0 spiro atoms. The summed E-state index contributed by atoms with van der Waals surface area (Å²) in [5, 5.41) is 0. The SMILES string of the molecule is CC(C)CC1(C(=O)O[C@@H]2C[C@H](C)CC[C@H]2C(C)(C)c2ccccc2)C=CCN1C(=O)OC(C)(C)C. The van der Waals surface area contributed by atoms with Crippen LogP contribution in [0.4, 0.5) is 4.79 Å². The molecule has 1 aromatic carbocycles. The largest absolute Gasteiger partial charge is 0.460 e. The molecule has 0 bridgehead atoms. The average Bonchev–Trinajstić information content (AvgIpc) is 3.17. The molecule has 1 aliphatic heterocycles. The van der Waals surface area contributed by atoms with Gasteiger partial charge in [-0.05, 0) is 68.9 Å². The number of amides is 1. The van der Waals surface area contributed by atoms with Crippen molar-refractivity contribution in [3.05, 3.63) is 48.0 Å². The van der Waals surface area contributed by atoms with E-state index in [4.69, 9.17) is 9.47 Å². The van der Waals surface area contributed by atoms with Gasteiger partial charge in [0.05, 0.1) is 0 Å². The van der Waals surface area contributed by atoms with Gasteiger partial charge in [-0.25, -0.2) is 9.59 Å². The zero-order valence-electron chi connectivity index (χ0n) is 23.0. The van der Waals surface area contributed by atoms with Crippen molar-refractivity contribution in [1.29, 1.82) is 0 Å². The lowest BCUT2D eigenvalue weighted by Crippen LogP contribution is -2.57. The highest BCUT2D eigenvalue weighted by atomic mass is 16.6. The quantitative estimate of drug-likeness (QED) is 0.326. The maximum atomic E-state index is 14.0. The third-order valence-corrected chi connectivity index (χ3v) is 7.61. The summed E-state index contributed by atoms with van der Waals surface area (Å²) in [5.74, 6) is 0.537. The summed E-state index contributed by atoms with van der Waals surface area (Å²) in [5.41, 5.74) is -0.669. The van der Waals surface area contributed by atoms with E-state index >= 15 is 0 Å². The first-order valence-electron chi connectivity index (χ1n) is 13.2. The van der Waals surface area contributed by atoms with Gasteiger partial charge in [0.1, 0.15) is 11.7 Å². The van der Waals surface area contributed by atoms with E-state index in [1.807, 2.05) is 39.0 Å². The van der Waals surface area contributed by atoms with Gasteiger partial charge in [0.15, 0.2) is 5.54 Å². The zero-order chi connectivity index (χ0) is 26.0. The van der Waals surface area contributed by atoms with Crippen LogP contribution in [0.1, 0.15) is 86.6 Å². The number of hydrogen-bond donors (Lipinski definition) is 0. The minimum atomic E-state index is -1.14. The Balaban J connectivity index is 1.91. The predicted octanol–water partition coefficient (Wildman–Crippen LogP) is 6.90. The second-order valence-corrected chi connectivity index (χ2v) is 12.6. The minimum absolute atomic E-state index is 0.145. The van der Waals surface area contributed by atoms with Crippen LogP contribution in [0, 0.1) is 17.8 Å². The van der Waals surface area contributed by atoms with Crippen LogP contribution in [-0.2, 0) is 19.7 Å². The Labute approximate surface area is 212 Å². The first-order chi connectivity index (χ1) is 16.3. The Morgan fingerprint density at radius 3 is 2.34 bits per heavy atom. The summed E-state index contributed by atoms with van der Waals surface area (Å²) in [7, 11) is 0. The molecule has 1 aliphatic carbocycles. The van der Waals surface area contributed by atoms with Crippen LogP contribution in [0.5, 0.6) is 0 Å². The topological polar surface area (TPSA) is 55.8 Å². The van der Waals surface area contributed by atoms with E-state index in [1.165, 1.54) is 5.56 Å². The van der Waals surface area contributed by atoms with Crippen LogP contribution in [0.25, 0.3) is 0 Å². The molecule has 194 valence electrons. The van der Waals surface area contributed by atoms with Crippen LogP contribution >= 0.6 is 0 Å². The lowest BCUT2D eigenvalue weighted by Gasteiger charge is -2.45. The Kier molecular flexibility index (Phi) is 8.08. The van der Waals surface area contributed by atoms with E-state index < -0.39 is 17.2 Å². The summed E-state index contributed by atoms with van der Waals surface area (Å²) in [6, 6.07) is 10.5. The zero-order valence-corrected chi connectivity index (χ0v) is 23.0. The molecule has 1 saturated carbocycles. The van der Waals surface area contributed by atoms with Gasteiger partial charge in [-0.2, -0.15) is 0 Å². The number of ether oxygens (including phenoxy) is 2. The second kappa shape index (κ2) is 10.4. The van der Waals surface area contributed by atoms with Crippen LogP contribution in [0.2, 0.25) is 0 Å². The molecule has 0 saturated heterocycles. The van der Waals surface area contributed by atoms with E-state index in [2.05, 4.69) is 58.9 Å². The minimum Gasteiger partial charge on any atom is -0.460 e. The molecule has 5 nitrogen and oxygen atoms in total. The van der Waals surface area contributed by atoms with E-state index in [-0.39, 0.29) is 29.3 Å². The number of carbonyl (C=O) groups excluding carboxylic acids is 2. The first-order valence-corrected chi connectivity index (χ1v) is 13.2. The van der Waals surface area contributed by atoms with Crippen molar-refractivity contribution >= 4 is 12.1 Å². The van der Waals surface area contributed by atoms with Crippen molar-refractivity contribution in [2.45, 2.75) is 104 Å². The van der Waals surface area contributed by atoms with Gasteiger partial charge in [0.2, 0.25) is 0 Å². The third-order valence-electron chi connectivity index (χ3n) is 7.61. The molecule has 1 fully saturated rings. The van der Waals surface area contributed by atoms with Crippen molar-refractivity contribution in [1.82, 2.24) is 4.90 Å². The van der Waals surface area contributed by atoms with Crippen molar-refractivity contribution in [2.24, 2.45) is 17.8 Å². The molecule has 0 aromatic heterocycles. The molecular formula is C30H45NO4. The lowest BCUT2D eigenvalue weighted by atomic mass is 9.64. The molecule has 1 heterocycles. The highest BCUT2D eigenvalue weighted by Gasteiger charge is 2.52. The molecule has 2 aliphatic rings. The number of carbonyl (C=O) groups is 2. The fourth-order valence-electron chi connectivity index (χ4n) is 5.83. The molecule has 3 rings (SSSR count). The smallest absolute Gasteiger partial charge is 0.411 e. The van der Waals surface area contributed by atoms with Gasteiger partial charge in [0.25, 0.3) is 0 Å². The Morgan fingerprint density at radius 2 is 1.74 bits per heavy atom. The van der Waals surface area contributed by atoms with E-state index in [0.717, 1.165) is 19.3 Å². The molecular weight excluding hydrogens is 438 g/mol. The summed E-state index contributed by atoms with van der Waals surface area (Å²) in [6.45, 7) is 16.8. The monoisotopic (exact) mass is 483 g/mol. The van der Waals surface area contributed by atoms with Crippen LogP contribution < -0.4 is 0 Å². The van der Waals surface area contributed by atoms with Gasteiger partial charge in [-0.1, -0.05) is 77.4 Å². The van der Waals surface area contributed by atoms with Gasteiger partial charge in [-0.15, -0.1) is 0 Å². The van der Waals surface area contributed by atoms with Crippen molar-refractivity contribution in [3.8, 4) is 0 Å². The Bertz CT molecular complexity index is 914. The number of rotatable bonds is 6. The fourth-order valence-corrected chi connectivity index (χ4v) is 5.83. The van der Waals surface area contributed by atoms with Crippen molar-refractivity contribution in [2.75, 3.05) is 6.54 Å². The van der Waals surface area contributed by atoms with Gasteiger partial charge >= 0.3 is 12.1 Å². The van der Waals surface area contributed by atoms with Crippen molar-refractivity contribution in [3.63, 3.8) is 0 Å². The number of hydrogen-bond acceptors (Lipinski definition) is 4. The molecule has 1 unspecified atom stereocenters. The predicted molar refractivity (Wildman–Crippen MR) is 140 cm³/mol. The fraction of sp³-hybridized carbons (Fsp3) is 0.667. The average molecular weight is 484 g/mol. The molecule has 0 radical (unpaired) electrons. The van der Waals surface area contributed by atoms with Crippen molar-refractivity contribution < 1.29 is 19.1 Å². The molecule has 1 amide bonds. The molecule has 1 aromatic rings. The second-order valence-electron chi connectivity index (χ2n) is 12.6. The Hall–Kier alpha value is -2.30. The van der Waals surface area contributed by atoms with Crippen LogP contribution in [0.3, 0.4) is 0 Å². The number of esters is 1. The summed E-state index contributed by atoms with van der Waals surface area (Å²) in [6.07, 6.45) is 6.53. The standard InChI is InChI=1S/C30H45NO4/c1-21(2)20-30(17-12-18-31(30)27(33)35-28(4,5)6)26(32)34-25-19-22(3)15-16-24(25)29(7,8)23-13-10-9-11-14-23/h9-14,17,21-22,24-25H,15-16,18-20H2,1-8H3/t22-,24-,25-,30?/m1/s1. The maximum absolute atomic E-state index is 14.0. The van der Waals surface area contributed by atoms with E-state index in [1.54, 1.807) is 4.90 Å². The molecule has 5 heteroatoms. The van der Waals surface area contributed by atoms with Crippen LogP contribution in [-0.4, -0.2) is 40.8 Å². The highest BCUT2D eigenvalue weighted by molar-refractivity contribution is 5.89. The van der Waals surface area contributed by atoms with Crippen LogP contribution in [0.15, 0.2) is 42.5 Å². The first kappa shape index (κ1) is 27.3. The summed E-state index contributed by atoms with van der Waals surface area (Å²) < 4.78 is 12.1. The van der Waals surface area contributed by atoms with E-state index in [9.17, 15) is 9.59 Å².